The molecule has 0 saturated carbocycles. The molecule has 0 spiro atoms. The highest BCUT2D eigenvalue weighted by atomic mass is 16.7. The zero-order valence-corrected chi connectivity index (χ0v) is 4.76. The maximum atomic E-state index is 5.18. The summed E-state index contributed by atoms with van der Waals surface area (Å²) in [5, 5.41) is 3.22. The summed E-state index contributed by atoms with van der Waals surface area (Å²) in [6.45, 7) is 0.823. The second-order valence-electron chi connectivity index (χ2n) is 2.24. The van der Waals surface area contributed by atoms with Crippen molar-refractivity contribution in [3.8, 4) is 0 Å². The van der Waals surface area contributed by atoms with Crippen molar-refractivity contribution in [3.05, 3.63) is 0 Å². The van der Waals surface area contributed by atoms with Crippen LogP contribution in [0.3, 0.4) is 0 Å². The van der Waals surface area contributed by atoms with Crippen molar-refractivity contribution in [2.45, 2.75) is 18.4 Å². The van der Waals surface area contributed by atoms with Crippen molar-refractivity contribution in [1.82, 2.24) is 5.32 Å². The molecule has 0 unspecified atom stereocenters. The van der Waals surface area contributed by atoms with Crippen LogP contribution in [0.4, 0.5) is 0 Å². The Morgan fingerprint density at radius 2 is 2.62 bits per heavy atom. The summed E-state index contributed by atoms with van der Waals surface area (Å²) in [5.74, 6) is 0. The molecule has 1 N–H and O–H groups in total. The van der Waals surface area contributed by atoms with Gasteiger partial charge < -0.3 is 14.8 Å². The Kier molecular flexibility index (Phi) is 0.848. The molecule has 0 bridgehead atoms. The molecule has 0 aliphatic carbocycles. The minimum Gasteiger partial charge on any atom is -0.354 e. The van der Waals surface area contributed by atoms with E-state index >= 15 is 0 Å². The molecule has 2 aliphatic rings. The highest BCUT2D eigenvalue weighted by Crippen LogP contribution is 2.25. The van der Waals surface area contributed by atoms with Gasteiger partial charge in [-0.15, -0.1) is 0 Å². The first-order valence-corrected chi connectivity index (χ1v) is 2.82. The first kappa shape index (κ1) is 4.73. The third-order valence-corrected chi connectivity index (χ3v) is 1.70. The van der Waals surface area contributed by atoms with E-state index in [1.165, 1.54) is 0 Å². The minimum atomic E-state index is 0.0278. The standard InChI is InChI=1S/C5H9NO2/c1-7-5-4-3(6-4)2-8-5/h3-6H,2H2,1H3/t3-,4-,5-/m0/s1. The molecule has 2 heterocycles. The molecular formula is C5H9NO2. The Morgan fingerprint density at radius 3 is 2.88 bits per heavy atom. The van der Waals surface area contributed by atoms with Gasteiger partial charge in [0.15, 0.2) is 6.29 Å². The van der Waals surface area contributed by atoms with Crippen LogP contribution in [0.15, 0.2) is 0 Å². The molecule has 2 aliphatic heterocycles. The third-order valence-electron chi connectivity index (χ3n) is 1.70. The zero-order valence-electron chi connectivity index (χ0n) is 4.76. The van der Waals surface area contributed by atoms with Gasteiger partial charge in [0.2, 0.25) is 0 Å². The lowest BCUT2D eigenvalue weighted by Crippen LogP contribution is -2.20. The van der Waals surface area contributed by atoms with Crippen molar-refractivity contribution >= 4 is 0 Å². The molecule has 3 heteroatoms. The summed E-state index contributed by atoms with van der Waals surface area (Å²) in [5.41, 5.74) is 0. The fourth-order valence-corrected chi connectivity index (χ4v) is 1.13. The molecule has 0 aromatic carbocycles. The van der Waals surface area contributed by atoms with E-state index in [-0.39, 0.29) is 6.29 Å². The smallest absolute Gasteiger partial charge is 0.174 e. The van der Waals surface area contributed by atoms with Crippen molar-refractivity contribution in [2.75, 3.05) is 13.7 Å². The monoisotopic (exact) mass is 115 g/mol. The molecule has 0 aromatic heterocycles. The van der Waals surface area contributed by atoms with Crippen LogP contribution in [-0.2, 0) is 9.47 Å². The van der Waals surface area contributed by atoms with E-state index in [0.29, 0.717) is 12.1 Å². The lowest BCUT2D eigenvalue weighted by Gasteiger charge is -2.07. The number of methoxy groups -OCH3 is 1. The zero-order chi connectivity index (χ0) is 5.56. The van der Waals surface area contributed by atoms with E-state index in [1.54, 1.807) is 7.11 Å². The number of hydrogen-bond donors (Lipinski definition) is 1. The van der Waals surface area contributed by atoms with Crippen molar-refractivity contribution in [3.63, 3.8) is 0 Å². The van der Waals surface area contributed by atoms with Crippen molar-refractivity contribution < 1.29 is 9.47 Å². The molecule has 2 saturated heterocycles. The largest absolute Gasteiger partial charge is 0.354 e. The number of nitrogens with one attached hydrogen (secondary N) is 1. The van der Waals surface area contributed by atoms with Crippen molar-refractivity contribution in [2.24, 2.45) is 0 Å². The summed E-state index contributed by atoms with van der Waals surface area (Å²) in [7, 11) is 1.67. The quantitative estimate of drug-likeness (QED) is 0.461. The first-order valence-electron chi connectivity index (χ1n) is 2.82. The van der Waals surface area contributed by atoms with Gasteiger partial charge in [0.1, 0.15) is 0 Å². The van der Waals surface area contributed by atoms with Gasteiger partial charge in [-0.3, -0.25) is 0 Å². The summed E-state index contributed by atoms with van der Waals surface area (Å²) in [4.78, 5) is 0. The molecule has 2 rings (SSSR count). The fraction of sp³-hybridized carbons (Fsp3) is 1.00. The lowest BCUT2D eigenvalue weighted by atomic mass is 10.4. The van der Waals surface area contributed by atoms with Gasteiger partial charge in [0.05, 0.1) is 18.7 Å². The van der Waals surface area contributed by atoms with Gasteiger partial charge in [-0.05, 0) is 0 Å². The number of hydrogen-bond acceptors (Lipinski definition) is 3. The van der Waals surface area contributed by atoms with Crippen LogP contribution in [0.1, 0.15) is 0 Å². The molecule has 3 nitrogen and oxygen atoms in total. The van der Waals surface area contributed by atoms with Crippen molar-refractivity contribution in [1.29, 1.82) is 0 Å². The molecule has 3 atom stereocenters. The van der Waals surface area contributed by atoms with Gasteiger partial charge in [-0.25, -0.2) is 0 Å². The lowest BCUT2D eigenvalue weighted by molar-refractivity contribution is -0.0998. The van der Waals surface area contributed by atoms with Gasteiger partial charge in [0.25, 0.3) is 0 Å². The Labute approximate surface area is 48.0 Å². The van der Waals surface area contributed by atoms with Crippen LogP contribution >= 0.6 is 0 Å². The minimum absolute atomic E-state index is 0.0278. The predicted molar refractivity (Wildman–Crippen MR) is 27.5 cm³/mol. The summed E-state index contributed by atoms with van der Waals surface area (Å²) >= 11 is 0. The molecule has 2 fully saturated rings. The van der Waals surface area contributed by atoms with Crippen LogP contribution in [0.25, 0.3) is 0 Å². The average molecular weight is 115 g/mol. The third kappa shape index (κ3) is 0.491. The SMILES string of the molecule is CO[C@H]1OC[C@@H]2N[C@H]12. The van der Waals surface area contributed by atoms with Gasteiger partial charge in [0, 0.05) is 7.11 Å². The van der Waals surface area contributed by atoms with Gasteiger partial charge in [-0.2, -0.15) is 0 Å². The number of rotatable bonds is 1. The van der Waals surface area contributed by atoms with E-state index < -0.39 is 0 Å². The predicted octanol–water partition coefficient (Wildman–Crippen LogP) is -0.671. The summed E-state index contributed by atoms with van der Waals surface area (Å²) < 4.78 is 10.2. The highest BCUT2D eigenvalue weighted by Gasteiger charge is 2.49. The topological polar surface area (TPSA) is 40.4 Å². The maximum absolute atomic E-state index is 5.18. The van der Waals surface area contributed by atoms with Crippen LogP contribution < -0.4 is 5.32 Å². The maximum Gasteiger partial charge on any atom is 0.174 e. The van der Waals surface area contributed by atoms with Gasteiger partial charge >= 0.3 is 0 Å². The summed E-state index contributed by atoms with van der Waals surface area (Å²) in [6, 6.07) is 1.10. The second-order valence-corrected chi connectivity index (χ2v) is 2.24. The highest BCUT2D eigenvalue weighted by molar-refractivity contribution is 5.04. The Hall–Kier alpha value is -0.120. The van der Waals surface area contributed by atoms with Crippen LogP contribution in [0, 0.1) is 0 Å². The van der Waals surface area contributed by atoms with E-state index in [1.807, 2.05) is 0 Å². The Bertz CT molecular complexity index is 107. The molecule has 0 radical (unpaired) electrons. The van der Waals surface area contributed by atoms with E-state index in [4.69, 9.17) is 9.47 Å². The Balaban J connectivity index is 1.97. The van der Waals surface area contributed by atoms with Crippen LogP contribution in [0.5, 0.6) is 0 Å². The fourth-order valence-electron chi connectivity index (χ4n) is 1.13. The average Bonchev–Trinajstić information content (AvgIpc) is 2.46. The molecule has 0 aromatic rings. The molecular weight excluding hydrogens is 106 g/mol. The van der Waals surface area contributed by atoms with E-state index in [9.17, 15) is 0 Å². The van der Waals surface area contributed by atoms with E-state index in [2.05, 4.69) is 5.32 Å². The summed E-state index contributed by atoms with van der Waals surface area (Å²) in [6.07, 6.45) is 0.0278. The normalized spacial score (nSPS) is 51.4. The number of fused-ring (bicyclic) bond motifs is 1. The van der Waals surface area contributed by atoms with Crippen LogP contribution in [-0.4, -0.2) is 32.1 Å². The molecule has 46 valence electrons. The van der Waals surface area contributed by atoms with Gasteiger partial charge in [-0.1, -0.05) is 0 Å². The van der Waals surface area contributed by atoms with Crippen LogP contribution in [0.2, 0.25) is 0 Å². The Morgan fingerprint density at radius 1 is 1.75 bits per heavy atom. The molecule has 8 heavy (non-hydrogen) atoms. The second kappa shape index (κ2) is 1.43. The first-order chi connectivity index (χ1) is 3.92. The van der Waals surface area contributed by atoms with E-state index in [0.717, 1.165) is 6.61 Å². The molecule has 0 amide bonds. The number of ether oxygens (including phenoxy) is 2. The number of morpholine rings is 1.